The Kier molecular flexibility index (Phi) is 6.13. The zero-order valence-corrected chi connectivity index (χ0v) is 18.1. The van der Waals surface area contributed by atoms with Crippen LogP contribution in [-0.4, -0.2) is 49.8 Å². The average molecular weight is 474 g/mol. The fourth-order valence-corrected chi connectivity index (χ4v) is 3.64. The van der Waals surface area contributed by atoms with Crippen LogP contribution in [0.3, 0.4) is 0 Å². The first-order valence-electron chi connectivity index (χ1n) is 9.64. The third-order valence-electron chi connectivity index (χ3n) is 4.77. The molecule has 170 valence electrons. The van der Waals surface area contributed by atoms with E-state index in [1.54, 1.807) is 0 Å². The predicted molar refractivity (Wildman–Crippen MR) is 114 cm³/mol. The summed E-state index contributed by atoms with van der Waals surface area (Å²) in [5, 5.41) is 3.10. The van der Waals surface area contributed by atoms with Crippen LogP contribution in [0.1, 0.15) is 20.1 Å². The zero-order chi connectivity index (χ0) is 23.7. The maximum atomic E-state index is 14.2. The van der Waals surface area contributed by atoms with Crippen LogP contribution in [0.5, 0.6) is 0 Å². The number of aromatic nitrogens is 4. The van der Waals surface area contributed by atoms with Gasteiger partial charge in [0, 0.05) is 18.9 Å². The Morgan fingerprint density at radius 1 is 1.21 bits per heavy atom. The molecule has 0 bridgehead atoms. The van der Waals surface area contributed by atoms with E-state index in [1.807, 2.05) is 0 Å². The number of fused-ring (bicyclic) bond motifs is 1. The zero-order valence-electron chi connectivity index (χ0n) is 17.4. The SMILES string of the molecule is C#C[C@H]1O[C@@H](n2cnc3c(Nc4ccc(Cl)cc4F)ncnc32)[C@H](OC(C)=O)[C@@H]1OC(C)=O. The maximum Gasteiger partial charge on any atom is 0.303 e. The van der Waals surface area contributed by atoms with Crippen molar-refractivity contribution in [3.05, 3.63) is 41.7 Å². The van der Waals surface area contributed by atoms with Gasteiger partial charge in [-0.05, 0) is 18.2 Å². The van der Waals surface area contributed by atoms with Crippen LogP contribution in [0.25, 0.3) is 11.2 Å². The molecule has 10 nitrogen and oxygen atoms in total. The average Bonchev–Trinajstić information content (AvgIpc) is 3.31. The van der Waals surface area contributed by atoms with Gasteiger partial charge in [-0.25, -0.2) is 19.3 Å². The lowest BCUT2D eigenvalue weighted by atomic mass is 10.1. The molecule has 0 saturated carbocycles. The van der Waals surface area contributed by atoms with Gasteiger partial charge >= 0.3 is 11.9 Å². The Bertz CT molecular complexity index is 1280. The molecule has 3 aromatic rings. The first kappa shape index (κ1) is 22.4. The van der Waals surface area contributed by atoms with Gasteiger partial charge in [-0.2, -0.15) is 0 Å². The van der Waals surface area contributed by atoms with Crippen molar-refractivity contribution in [2.75, 3.05) is 5.32 Å². The summed E-state index contributed by atoms with van der Waals surface area (Å²) in [5.41, 5.74) is 0.694. The summed E-state index contributed by atoms with van der Waals surface area (Å²) >= 11 is 5.80. The molecule has 4 atom stereocenters. The first-order valence-corrected chi connectivity index (χ1v) is 10.0. The van der Waals surface area contributed by atoms with E-state index in [4.69, 9.17) is 32.2 Å². The van der Waals surface area contributed by atoms with E-state index < -0.39 is 42.3 Å². The van der Waals surface area contributed by atoms with E-state index >= 15 is 0 Å². The number of terminal acetylenes is 1. The number of hydrogen-bond acceptors (Lipinski definition) is 9. The fraction of sp³-hybridized carbons (Fsp3) is 0.286. The van der Waals surface area contributed by atoms with Crippen molar-refractivity contribution in [3.63, 3.8) is 0 Å². The third-order valence-corrected chi connectivity index (χ3v) is 5.01. The van der Waals surface area contributed by atoms with Crippen molar-refractivity contribution in [3.8, 4) is 12.3 Å². The number of rotatable bonds is 5. The maximum absolute atomic E-state index is 14.2. The van der Waals surface area contributed by atoms with Crippen LogP contribution in [0.2, 0.25) is 5.02 Å². The second-order valence-corrected chi connectivity index (χ2v) is 7.49. The van der Waals surface area contributed by atoms with Gasteiger partial charge in [0.1, 0.15) is 12.1 Å². The van der Waals surface area contributed by atoms with E-state index in [2.05, 4.69) is 26.2 Å². The van der Waals surface area contributed by atoms with E-state index in [0.717, 1.165) is 6.07 Å². The van der Waals surface area contributed by atoms with E-state index in [1.165, 1.54) is 43.2 Å². The monoisotopic (exact) mass is 473 g/mol. The summed E-state index contributed by atoms with van der Waals surface area (Å²) in [6, 6.07) is 4.14. The number of nitrogens with one attached hydrogen (secondary N) is 1. The number of nitrogens with zero attached hydrogens (tertiary/aromatic N) is 4. The highest BCUT2D eigenvalue weighted by molar-refractivity contribution is 6.30. The minimum Gasteiger partial charge on any atom is -0.455 e. The molecule has 0 amide bonds. The summed E-state index contributed by atoms with van der Waals surface area (Å²) in [6.45, 7) is 2.42. The number of benzene rings is 1. The molecular weight excluding hydrogens is 457 g/mol. The first-order chi connectivity index (χ1) is 15.8. The Morgan fingerprint density at radius 3 is 2.61 bits per heavy atom. The molecule has 12 heteroatoms. The van der Waals surface area contributed by atoms with Crippen LogP contribution in [0.4, 0.5) is 15.9 Å². The molecular formula is C21H17ClFN5O5. The molecule has 1 saturated heterocycles. The lowest BCUT2D eigenvalue weighted by Crippen LogP contribution is -2.38. The predicted octanol–water partition coefficient (Wildman–Crippen LogP) is 2.76. The summed E-state index contributed by atoms with van der Waals surface area (Å²) < 4.78 is 32.2. The number of imidazole rings is 1. The third kappa shape index (κ3) is 4.44. The molecule has 0 radical (unpaired) electrons. The van der Waals surface area contributed by atoms with Crippen LogP contribution >= 0.6 is 11.6 Å². The van der Waals surface area contributed by atoms with E-state index in [-0.39, 0.29) is 27.7 Å². The molecule has 1 N–H and O–H groups in total. The Labute approximate surface area is 192 Å². The van der Waals surface area contributed by atoms with Crippen LogP contribution in [0, 0.1) is 18.2 Å². The standard InChI is InChI=1S/C21H17ClFN5O5/c1-4-15-17(31-10(2)29)18(32-11(3)30)21(33-15)28-9-26-16-19(24-8-25-20(16)28)27-14-6-5-12(22)7-13(14)23/h1,5-9,15,17-18,21H,2-3H3,(H,24,25,27)/t15-,17-,18-,21-/m1/s1. The number of ether oxygens (including phenoxy) is 3. The molecule has 1 aliphatic rings. The fourth-order valence-electron chi connectivity index (χ4n) is 3.48. The molecule has 0 spiro atoms. The van der Waals surface area contributed by atoms with Gasteiger partial charge in [0.15, 0.2) is 41.5 Å². The molecule has 1 fully saturated rings. The molecule has 33 heavy (non-hydrogen) atoms. The molecule has 0 aliphatic carbocycles. The second-order valence-electron chi connectivity index (χ2n) is 7.06. The highest BCUT2D eigenvalue weighted by atomic mass is 35.5. The van der Waals surface area contributed by atoms with E-state index in [0.29, 0.717) is 0 Å². The minimum absolute atomic E-state index is 0.131. The number of carbonyl (C=O) groups is 2. The van der Waals surface area contributed by atoms with Gasteiger partial charge in [0.25, 0.3) is 0 Å². The van der Waals surface area contributed by atoms with Crippen molar-refractivity contribution < 1.29 is 28.2 Å². The normalized spacial score (nSPS) is 22.0. The molecule has 1 aromatic carbocycles. The van der Waals surface area contributed by atoms with Crippen molar-refractivity contribution in [2.45, 2.75) is 38.4 Å². The number of esters is 2. The minimum atomic E-state index is -1.06. The largest absolute Gasteiger partial charge is 0.455 e. The van der Waals surface area contributed by atoms with Gasteiger partial charge in [-0.1, -0.05) is 17.5 Å². The lowest BCUT2D eigenvalue weighted by Gasteiger charge is -2.23. The number of anilines is 2. The number of halogens is 2. The Hall–Kier alpha value is -3.75. The highest BCUT2D eigenvalue weighted by Crippen LogP contribution is 2.36. The molecule has 3 heterocycles. The molecule has 1 aliphatic heterocycles. The molecule has 4 rings (SSSR count). The highest BCUT2D eigenvalue weighted by Gasteiger charge is 2.50. The van der Waals surface area contributed by atoms with Gasteiger partial charge in [-0.15, -0.1) is 6.42 Å². The van der Waals surface area contributed by atoms with Crippen LogP contribution in [-0.2, 0) is 23.8 Å². The van der Waals surface area contributed by atoms with Crippen LogP contribution < -0.4 is 5.32 Å². The quantitative estimate of drug-likeness (QED) is 0.440. The van der Waals surface area contributed by atoms with Crippen molar-refractivity contribution in [1.82, 2.24) is 19.5 Å². The smallest absolute Gasteiger partial charge is 0.303 e. The van der Waals surface area contributed by atoms with Crippen LogP contribution in [0.15, 0.2) is 30.9 Å². The van der Waals surface area contributed by atoms with Gasteiger partial charge < -0.3 is 19.5 Å². The Balaban J connectivity index is 1.73. The van der Waals surface area contributed by atoms with E-state index in [9.17, 15) is 14.0 Å². The number of carbonyl (C=O) groups excluding carboxylic acids is 2. The van der Waals surface area contributed by atoms with Gasteiger partial charge in [-0.3, -0.25) is 14.2 Å². The van der Waals surface area contributed by atoms with Crippen molar-refractivity contribution in [1.29, 1.82) is 0 Å². The molecule has 0 unspecified atom stereocenters. The molecule has 2 aromatic heterocycles. The summed E-state index contributed by atoms with van der Waals surface area (Å²) in [5.74, 6) is 0.793. The second kappa shape index (κ2) is 9.01. The van der Waals surface area contributed by atoms with Crippen molar-refractivity contribution >= 4 is 46.2 Å². The Morgan fingerprint density at radius 2 is 1.94 bits per heavy atom. The lowest BCUT2D eigenvalue weighted by molar-refractivity contribution is -0.165. The summed E-state index contributed by atoms with van der Waals surface area (Å²) in [6.07, 6.45) is 4.08. The topological polar surface area (TPSA) is 117 Å². The summed E-state index contributed by atoms with van der Waals surface area (Å²) in [7, 11) is 0. The number of hydrogen-bond donors (Lipinski definition) is 1. The van der Waals surface area contributed by atoms with Gasteiger partial charge in [0.2, 0.25) is 0 Å². The summed E-state index contributed by atoms with van der Waals surface area (Å²) in [4.78, 5) is 36.0. The van der Waals surface area contributed by atoms with Crippen molar-refractivity contribution in [2.24, 2.45) is 0 Å². The van der Waals surface area contributed by atoms with Gasteiger partial charge in [0.05, 0.1) is 12.0 Å².